The summed E-state index contributed by atoms with van der Waals surface area (Å²) in [5.41, 5.74) is 1.91. The number of hydrogen-bond donors (Lipinski definition) is 1. The van der Waals surface area contributed by atoms with Crippen molar-refractivity contribution in [3.8, 4) is 5.75 Å². The van der Waals surface area contributed by atoms with Gasteiger partial charge in [0.05, 0.1) is 30.1 Å². The molecule has 4 nitrogen and oxygen atoms in total. The molecule has 0 aliphatic carbocycles. The van der Waals surface area contributed by atoms with Crippen molar-refractivity contribution < 1.29 is 4.74 Å². The number of benzene rings is 1. The second kappa shape index (κ2) is 6.50. The lowest BCUT2D eigenvalue weighted by molar-refractivity contribution is 0.414. The van der Waals surface area contributed by atoms with Gasteiger partial charge in [-0.15, -0.1) is 0 Å². The van der Waals surface area contributed by atoms with Crippen LogP contribution in [0.4, 0.5) is 0 Å². The number of rotatable bonds is 5. The predicted octanol–water partition coefficient (Wildman–Crippen LogP) is 2.84. The van der Waals surface area contributed by atoms with E-state index in [2.05, 4.69) is 22.2 Å². The molecule has 2 aromatic rings. The third-order valence-corrected chi connectivity index (χ3v) is 3.11. The van der Waals surface area contributed by atoms with Crippen LogP contribution in [0.5, 0.6) is 5.75 Å². The topological polar surface area (TPSA) is 47.0 Å². The molecule has 1 heterocycles. The normalized spacial score (nSPS) is 12.2. The fraction of sp³-hybridized carbons (Fsp3) is 0.286. The van der Waals surface area contributed by atoms with Crippen molar-refractivity contribution >= 4 is 11.6 Å². The van der Waals surface area contributed by atoms with Gasteiger partial charge in [-0.1, -0.05) is 24.6 Å². The van der Waals surface area contributed by atoms with Crippen LogP contribution in [0.1, 0.15) is 24.2 Å². The molecule has 1 atom stereocenters. The summed E-state index contributed by atoms with van der Waals surface area (Å²) in [6.07, 6.45) is 5.11. The maximum Gasteiger partial charge on any atom is 0.137 e. The summed E-state index contributed by atoms with van der Waals surface area (Å²) >= 11 is 6.05. The van der Waals surface area contributed by atoms with Crippen molar-refractivity contribution in [2.24, 2.45) is 0 Å². The van der Waals surface area contributed by atoms with Crippen LogP contribution in [0.3, 0.4) is 0 Å². The van der Waals surface area contributed by atoms with Gasteiger partial charge < -0.3 is 10.1 Å². The maximum atomic E-state index is 6.05. The molecule has 0 aliphatic rings. The molecule has 0 amide bonds. The summed E-state index contributed by atoms with van der Waals surface area (Å²) in [6, 6.07) is 5.69. The molecule has 0 spiro atoms. The Morgan fingerprint density at radius 1 is 1.37 bits per heavy atom. The number of ether oxygens (including phenoxy) is 1. The maximum absolute atomic E-state index is 6.05. The Bertz CT molecular complexity index is 533. The summed E-state index contributed by atoms with van der Waals surface area (Å²) in [7, 11) is 1.61. The van der Waals surface area contributed by atoms with Gasteiger partial charge in [-0.3, -0.25) is 9.97 Å². The molecule has 19 heavy (non-hydrogen) atoms. The Hall–Kier alpha value is -1.65. The molecule has 100 valence electrons. The van der Waals surface area contributed by atoms with Crippen LogP contribution in [0.15, 0.2) is 36.8 Å². The zero-order chi connectivity index (χ0) is 13.7. The zero-order valence-electron chi connectivity index (χ0n) is 10.9. The van der Waals surface area contributed by atoms with E-state index in [9.17, 15) is 0 Å². The lowest BCUT2D eigenvalue weighted by atomic mass is 10.0. The highest BCUT2D eigenvalue weighted by Gasteiger charge is 2.16. The lowest BCUT2D eigenvalue weighted by Gasteiger charge is -2.18. The van der Waals surface area contributed by atoms with Crippen LogP contribution in [-0.2, 0) is 0 Å². The van der Waals surface area contributed by atoms with Crippen molar-refractivity contribution in [2.75, 3.05) is 13.7 Å². The second-order valence-electron chi connectivity index (χ2n) is 4.01. The monoisotopic (exact) mass is 277 g/mol. The van der Waals surface area contributed by atoms with Gasteiger partial charge >= 0.3 is 0 Å². The molecule has 1 aromatic heterocycles. The first-order valence-electron chi connectivity index (χ1n) is 6.09. The number of methoxy groups -OCH3 is 1. The molecule has 1 unspecified atom stereocenters. The average Bonchev–Trinajstić information content (AvgIpc) is 2.46. The van der Waals surface area contributed by atoms with Crippen LogP contribution in [-0.4, -0.2) is 23.6 Å². The summed E-state index contributed by atoms with van der Waals surface area (Å²) in [5.74, 6) is 0.658. The van der Waals surface area contributed by atoms with E-state index in [4.69, 9.17) is 16.3 Å². The molecule has 5 heteroatoms. The molecule has 0 radical (unpaired) electrons. The molecule has 0 fully saturated rings. The molecule has 2 rings (SSSR count). The first-order chi connectivity index (χ1) is 9.26. The Kier molecular flexibility index (Phi) is 4.71. The van der Waals surface area contributed by atoms with E-state index in [0.717, 1.165) is 17.8 Å². The van der Waals surface area contributed by atoms with E-state index in [1.165, 1.54) is 0 Å². The molecule has 0 bridgehead atoms. The average molecular weight is 278 g/mol. The zero-order valence-corrected chi connectivity index (χ0v) is 11.7. The van der Waals surface area contributed by atoms with Gasteiger partial charge in [0.25, 0.3) is 0 Å². The molecule has 0 saturated heterocycles. The Labute approximate surface area is 117 Å². The van der Waals surface area contributed by atoms with Gasteiger partial charge in [0, 0.05) is 12.4 Å². The van der Waals surface area contributed by atoms with Gasteiger partial charge in [-0.25, -0.2) is 0 Å². The highest BCUT2D eigenvalue weighted by Crippen LogP contribution is 2.29. The van der Waals surface area contributed by atoms with Gasteiger partial charge in [0.15, 0.2) is 0 Å². The molecule has 0 saturated carbocycles. The van der Waals surface area contributed by atoms with Gasteiger partial charge in [-0.05, 0) is 24.2 Å². The molecule has 0 aliphatic heterocycles. The van der Waals surface area contributed by atoms with E-state index in [1.54, 1.807) is 25.7 Å². The Morgan fingerprint density at radius 3 is 2.84 bits per heavy atom. The van der Waals surface area contributed by atoms with Crippen molar-refractivity contribution in [1.82, 2.24) is 15.3 Å². The highest BCUT2D eigenvalue weighted by molar-refractivity contribution is 6.32. The Balaban J connectivity index is 2.39. The minimum Gasteiger partial charge on any atom is -0.495 e. The minimum absolute atomic E-state index is 0.0233. The lowest BCUT2D eigenvalue weighted by Crippen LogP contribution is -2.23. The van der Waals surface area contributed by atoms with E-state index < -0.39 is 0 Å². The first kappa shape index (κ1) is 13.8. The highest BCUT2D eigenvalue weighted by atomic mass is 35.5. The summed E-state index contributed by atoms with van der Waals surface area (Å²) in [5, 5.41) is 3.98. The Morgan fingerprint density at radius 2 is 2.21 bits per heavy atom. The van der Waals surface area contributed by atoms with E-state index in [1.807, 2.05) is 18.2 Å². The first-order valence-corrected chi connectivity index (χ1v) is 6.46. The van der Waals surface area contributed by atoms with E-state index >= 15 is 0 Å². The van der Waals surface area contributed by atoms with Crippen LogP contribution in [0.25, 0.3) is 0 Å². The fourth-order valence-corrected chi connectivity index (χ4v) is 2.11. The van der Waals surface area contributed by atoms with Crippen LogP contribution < -0.4 is 10.1 Å². The minimum atomic E-state index is -0.0233. The second-order valence-corrected chi connectivity index (χ2v) is 4.42. The molecular weight excluding hydrogens is 262 g/mol. The summed E-state index contributed by atoms with van der Waals surface area (Å²) in [4.78, 5) is 8.47. The third-order valence-electron chi connectivity index (χ3n) is 2.80. The predicted molar refractivity (Wildman–Crippen MR) is 75.6 cm³/mol. The SMILES string of the molecule is CCNC(c1ccc(Cl)c(OC)c1)c1cnccn1. The number of aromatic nitrogens is 2. The number of halogens is 1. The van der Waals surface area contributed by atoms with Crippen molar-refractivity contribution in [1.29, 1.82) is 0 Å². The quantitative estimate of drug-likeness (QED) is 0.913. The van der Waals surface area contributed by atoms with Gasteiger partial charge in [0.1, 0.15) is 5.75 Å². The van der Waals surface area contributed by atoms with Crippen LogP contribution >= 0.6 is 11.6 Å². The largest absolute Gasteiger partial charge is 0.495 e. The number of nitrogens with one attached hydrogen (secondary N) is 1. The standard InChI is InChI=1S/C14H16ClN3O/c1-3-17-14(12-9-16-6-7-18-12)10-4-5-11(15)13(8-10)19-2/h4-9,14,17H,3H2,1-2H3. The van der Waals surface area contributed by atoms with Crippen molar-refractivity contribution in [3.63, 3.8) is 0 Å². The van der Waals surface area contributed by atoms with E-state index in [0.29, 0.717) is 10.8 Å². The number of hydrogen-bond acceptors (Lipinski definition) is 4. The van der Waals surface area contributed by atoms with Crippen molar-refractivity contribution in [3.05, 3.63) is 53.1 Å². The van der Waals surface area contributed by atoms with Crippen LogP contribution in [0.2, 0.25) is 5.02 Å². The summed E-state index contributed by atoms with van der Waals surface area (Å²) in [6.45, 7) is 2.88. The smallest absolute Gasteiger partial charge is 0.137 e. The summed E-state index contributed by atoms with van der Waals surface area (Å²) < 4.78 is 5.25. The van der Waals surface area contributed by atoms with E-state index in [-0.39, 0.29) is 6.04 Å². The van der Waals surface area contributed by atoms with Crippen LogP contribution in [0, 0.1) is 0 Å². The van der Waals surface area contributed by atoms with Gasteiger partial charge in [0.2, 0.25) is 0 Å². The molecule has 1 N–H and O–H groups in total. The third kappa shape index (κ3) is 3.22. The molecular formula is C14H16ClN3O. The fourth-order valence-electron chi connectivity index (χ4n) is 1.91. The van der Waals surface area contributed by atoms with Crippen molar-refractivity contribution in [2.45, 2.75) is 13.0 Å². The van der Waals surface area contributed by atoms with Gasteiger partial charge in [-0.2, -0.15) is 0 Å². The number of nitrogens with zero attached hydrogens (tertiary/aromatic N) is 2. The molecule has 1 aromatic carbocycles.